The van der Waals surface area contributed by atoms with Crippen LogP contribution < -0.4 is 16.4 Å². The highest BCUT2D eigenvalue weighted by Crippen LogP contribution is 2.21. The molecule has 0 radical (unpaired) electrons. The number of halogens is 1. The van der Waals surface area contributed by atoms with Crippen molar-refractivity contribution < 1.29 is 10.0 Å². The number of hydrogen-bond donors (Lipinski definition) is 4. The van der Waals surface area contributed by atoms with Crippen molar-refractivity contribution in [1.29, 1.82) is 0 Å². The van der Waals surface area contributed by atoms with Crippen molar-refractivity contribution in [2.24, 2.45) is 10.9 Å². The third kappa shape index (κ3) is 4.78. The van der Waals surface area contributed by atoms with E-state index in [0.717, 1.165) is 17.3 Å². The van der Waals surface area contributed by atoms with Crippen LogP contribution in [0.25, 0.3) is 0 Å². The lowest BCUT2D eigenvalue weighted by atomic mass is 10.1. The van der Waals surface area contributed by atoms with E-state index in [1.165, 1.54) is 0 Å². The highest BCUT2D eigenvalue weighted by Gasteiger charge is 2.10. The van der Waals surface area contributed by atoms with Gasteiger partial charge in [-0.1, -0.05) is 34.4 Å². The fraction of sp³-hybridized carbons (Fsp3) is 0.333. The predicted molar refractivity (Wildman–Crippen MR) is 78.6 cm³/mol. The maximum absolute atomic E-state index is 11.7. The SMILES string of the molecule is CCCCNC(=O)Nc1cc(Br)ccc1/C(N)=N/O. The normalized spacial score (nSPS) is 11.2. The maximum atomic E-state index is 11.7. The van der Waals surface area contributed by atoms with Gasteiger partial charge in [-0.05, 0) is 24.6 Å². The molecule has 0 aromatic heterocycles. The number of urea groups is 1. The number of carbonyl (C=O) groups is 1. The molecule has 7 heteroatoms. The van der Waals surface area contributed by atoms with Crippen molar-refractivity contribution in [1.82, 2.24) is 5.32 Å². The molecule has 0 aliphatic rings. The summed E-state index contributed by atoms with van der Waals surface area (Å²) < 4.78 is 0.783. The van der Waals surface area contributed by atoms with Crippen LogP contribution in [-0.4, -0.2) is 23.6 Å². The summed E-state index contributed by atoms with van der Waals surface area (Å²) in [5, 5.41) is 17.1. The zero-order chi connectivity index (χ0) is 14.3. The van der Waals surface area contributed by atoms with Gasteiger partial charge in [-0.2, -0.15) is 0 Å². The molecule has 0 bridgehead atoms. The number of unbranched alkanes of at least 4 members (excludes halogenated alkanes) is 1. The average Bonchev–Trinajstić information content (AvgIpc) is 2.38. The number of nitrogens with two attached hydrogens (primary N) is 1. The topological polar surface area (TPSA) is 99.7 Å². The summed E-state index contributed by atoms with van der Waals surface area (Å²) in [5.74, 6) is -0.0589. The number of hydrogen-bond acceptors (Lipinski definition) is 3. The van der Waals surface area contributed by atoms with E-state index in [9.17, 15) is 4.79 Å². The van der Waals surface area contributed by atoms with Gasteiger partial charge in [-0.15, -0.1) is 0 Å². The van der Waals surface area contributed by atoms with Crippen LogP contribution in [0.5, 0.6) is 0 Å². The number of benzene rings is 1. The van der Waals surface area contributed by atoms with Gasteiger partial charge < -0.3 is 21.6 Å². The molecule has 1 aromatic rings. The molecule has 1 rings (SSSR count). The van der Waals surface area contributed by atoms with Crippen LogP contribution >= 0.6 is 15.9 Å². The van der Waals surface area contributed by atoms with Gasteiger partial charge in [0.15, 0.2) is 5.84 Å². The Balaban J connectivity index is 2.81. The summed E-state index contributed by atoms with van der Waals surface area (Å²) in [5.41, 5.74) is 6.48. The lowest BCUT2D eigenvalue weighted by molar-refractivity contribution is 0.252. The van der Waals surface area contributed by atoms with Crippen LogP contribution in [0.2, 0.25) is 0 Å². The number of rotatable bonds is 5. The second kappa shape index (κ2) is 7.63. The van der Waals surface area contributed by atoms with E-state index in [1.807, 2.05) is 6.92 Å². The largest absolute Gasteiger partial charge is 0.409 e. The first-order valence-corrected chi connectivity index (χ1v) is 6.70. The quantitative estimate of drug-likeness (QED) is 0.219. The molecule has 0 saturated heterocycles. The van der Waals surface area contributed by atoms with Crippen molar-refractivity contribution in [3.63, 3.8) is 0 Å². The van der Waals surface area contributed by atoms with Gasteiger partial charge in [-0.3, -0.25) is 0 Å². The highest BCUT2D eigenvalue weighted by atomic mass is 79.9. The van der Waals surface area contributed by atoms with E-state index < -0.39 is 0 Å². The first kappa shape index (κ1) is 15.3. The van der Waals surface area contributed by atoms with Crippen LogP contribution in [0.3, 0.4) is 0 Å². The number of amidine groups is 1. The Bertz CT molecular complexity index is 477. The first-order chi connectivity index (χ1) is 9.08. The Morgan fingerprint density at radius 3 is 2.89 bits per heavy atom. The molecule has 0 heterocycles. The Morgan fingerprint density at radius 1 is 1.53 bits per heavy atom. The monoisotopic (exact) mass is 328 g/mol. The summed E-state index contributed by atoms with van der Waals surface area (Å²) in [4.78, 5) is 11.7. The van der Waals surface area contributed by atoms with Gasteiger partial charge in [0.05, 0.1) is 5.69 Å². The van der Waals surface area contributed by atoms with Gasteiger partial charge in [0.1, 0.15) is 0 Å². The minimum absolute atomic E-state index is 0.0589. The van der Waals surface area contributed by atoms with Crippen LogP contribution in [-0.2, 0) is 0 Å². The lowest BCUT2D eigenvalue weighted by Crippen LogP contribution is -2.30. The molecule has 2 amide bonds. The molecular weight excluding hydrogens is 312 g/mol. The average molecular weight is 329 g/mol. The molecule has 0 fully saturated rings. The summed E-state index contributed by atoms with van der Waals surface area (Å²) in [6.07, 6.45) is 1.92. The van der Waals surface area contributed by atoms with E-state index >= 15 is 0 Å². The smallest absolute Gasteiger partial charge is 0.319 e. The van der Waals surface area contributed by atoms with E-state index in [0.29, 0.717) is 17.8 Å². The van der Waals surface area contributed by atoms with Gasteiger partial charge in [0.2, 0.25) is 0 Å². The first-order valence-electron chi connectivity index (χ1n) is 5.90. The van der Waals surface area contributed by atoms with E-state index in [4.69, 9.17) is 10.9 Å². The van der Waals surface area contributed by atoms with E-state index in [-0.39, 0.29) is 11.9 Å². The summed E-state index contributed by atoms with van der Waals surface area (Å²) >= 11 is 3.31. The maximum Gasteiger partial charge on any atom is 0.319 e. The zero-order valence-electron chi connectivity index (χ0n) is 10.6. The summed E-state index contributed by atoms with van der Waals surface area (Å²) in [6.45, 7) is 2.65. The summed E-state index contributed by atoms with van der Waals surface area (Å²) in [6, 6.07) is 4.76. The fourth-order valence-corrected chi connectivity index (χ4v) is 1.80. The second-order valence-electron chi connectivity index (χ2n) is 3.91. The molecule has 0 aliphatic heterocycles. The van der Waals surface area contributed by atoms with Crippen molar-refractivity contribution in [2.75, 3.05) is 11.9 Å². The minimum Gasteiger partial charge on any atom is -0.409 e. The third-order valence-electron chi connectivity index (χ3n) is 2.43. The minimum atomic E-state index is -0.321. The van der Waals surface area contributed by atoms with Gasteiger partial charge in [0.25, 0.3) is 0 Å². The van der Waals surface area contributed by atoms with Crippen LogP contribution in [0.1, 0.15) is 25.3 Å². The van der Waals surface area contributed by atoms with Crippen molar-refractivity contribution in [3.05, 3.63) is 28.2 Å². The number of nitrogens with one attached hydrogen (secondary N) is 2. The second-order valence-corrected chi connectivity index (χ2v) is 4.83. The third-order valence-corrected chi connectivity index (χ3v) is 2.92. The van der Waals surface area contributed by atoms with Gasteiger partial charge >= 0.3 is 6.03 Å². The van der Waals surface area contributed by atoms with Crippen molar-refractivity contribution in [3.8, 4) is 0 Å². The molecular formula is C12H17BrN4O2. The standard InChI is InChI=1S/C12H17BrN4O2/c1-2-3-6-15-12(18)16-10-7-8(13)4-5-9(10)11(14)17-19/h4-5,7,19H,2-3,6H2,1H3,(H2,14,17)(H2,15,16,18). The molecule has 0 aliphatic carbocycles. The van der Waals surface area contributed by atoms with Gasteiger partial charge in [0, 0.05) is 16.6 Å². The molecule has 0 saturated carbocycles. The van der Waals surface area contributed by atoms with Gasteiger partial charge in [-0.25, -0.2) is 4.79 Å². The number of amides is 2. The molecule has 1 aromatic carbocycles. The number of oxime groups is 1. The predicted octanol–water partition coefficient (Wildman–Crippen LogP) is 2.47. The van der Waals surface area contributed by atoms with Crippen LogP contribution in [0, 0.1) is 0 Å². The number of carbonyl (C=O) groups excluding carboxylic acids is 1. The van der Waals surface area contributed by atoms with E-state index in [1.54, 1.807) is 18.2 Å². The van der Waals surface area contributed by atoms with E-state index in [2.05, 4.69) is 31.7 Å². The van der Waals surface area contributed by atoms with Crippen LogP contribution in [0.4, 0.5) is 10.5 Å². The lowest BCUT2D eigenvalue weighted by Gasteiger charge is -2.11. The Morgan fingerprint density at radius 2 is 2.26 bits per heavy atom. The molecule has 5 N–H and O–H groups in total. The van der Waals surface area contributed by atoms with Crippen molar-refractivity contribution >= 4 is 33.5 Å². The molecule has 104 valence electrons. The summed E-state index contributed by atoms with van der Waals surface area (Å²) in [7, 11) is 0. The molecule has 0 spiro atoms. The molecule has 0 atom stereocenters. The molecule has 6 nitrogen and oxygen atoms in total. The number of anilines is 1. The Kier molecular flexibility index (Phi) is 6.14. The number of nitrogens with zero attached hydrogens (tertiary/aromatic N) is 1. The van der Waals surface area contributed by atoms with Crippen molar-refractivity contribution in [2.45, 2.75) is 19.8 Å². The molecule has 0 unspecified atom stereocenters. The Hall–Kier alpha value is -1.76. The zero-order valence-corrected chi connectivity index (χ0v) is 12.2. The van der Waals surface area contributed by atoms with Crippen LogP contribution in [0.15, 0.2) is 27.8 Å². The Labute approximate surface area is 120 Å². The fourth-order valence-electron chi connectivity index (χ4n) is 1.44. The molecule has 19 heavy (non-hydrogen) atoms. The highest BCUT2D eigenvalue weighted by molar-refractivity contribution is 9.10.